The molecule has 3 nitrogen and oxygen atoms in total. The Hall–Kier alpha value is 0.580. The maximum atomic E-state index is 6.42. The second-order valence-corrected chi connectivity index (χ2v) is 9.86. The lowest BCUT2D eigenvalue weighted by atomic mass is 9.90. The minimum Gasteiger partial charge on any atom is -0.375 e. The molecule has 5 heteroatoms. The van der Waals surface area contributed by atoms with Crippen molar-refractivity contribution in [3.8, 4) is 0 Å². The first-order valence-electron chi connectivity index (χ1n) is 8.94. The average molecular weight is 381 g/mol. The van der Waals surface area contributed by atoms with Crippen LogP contribution < -0.4 is 0 Å². The van der Waals surface area contributed by atoms with Gasteiger partial charge >= 0.3 is 0 Å². The molecule has 0 aliphatic heterocycles. The van der Waals surface area contributed by atoms with E-state index in [0.29, 0.717) is 13.2 Å². The van der Waals surface area contributed by atoms with Gasteiger partial charge in [-0.2, -0.15) is 25.3 Å². The standard InChI is InChI=1S/C19H40O3S2/c1-16(2,10-13-23)20-11-9-17(3,4)22-19(7,8)15-18(5,6)21-12-14-24/h23-24H,9-15H2,1-8H3. The lowest BCUT2D eigenvalue weighted by Crippen LogP contribution is -2.43. The van der Waals surface area contributed by atoms with Crippen LogP contribution in [0.3, 0.4) is 0 Å². The van der Waals surface area contributed by atoms with Crippen molar-refractivity contribution in [2.75, 3.05) is 24.7 Å². The van der Waals surface area contributed by atoms with E-state index in [1.54, 1.807) is 0 Å². The molecule has 0 N–H and O–H groups in total. The Morgan fingerprint density at radius 3 is 1.62 bits per heavy atom. The Labute approximate surface area is 161 Å². The topological polar surface area (TPSA) is 27.7 Å². The van der Waals surface area contributed by atoms with E-state index in [4.69, 9.17) is 14.2 Å². The summed E-state index contributed by atoms with van der Waals surface area (Å²) in [6, 6.07) is 0. The van der Waals surface area contributed by atoms with Crippen molar-refractivity contribution in [1.82, 2.24) is 0 Å². The fourth-order valence-electron chi connectivity index (χ4n) is 3.15. The van der Waals surface area contributed by atoms with Gasteiger partial charge in [-0.15, -0.1) is 0 Å². The maximum absolute atomic E-state index is 6.42. The summed E-state index contributed by atoms with van der Waals surface area (Å²) in [4.78, 5) is 0. The maximum Gasteiger partial charge on any atom is 0.0661 e. The van der Waals surface area contributed by atoms with E-state index < -0.39 is 0 Å². The zero-order chi connectivity index (χ0) is 19.1. The van der Waals surface area contributed by atoms with Gasteiger partial charge in [0.2, 0.25) is 0 Å². The molecular weight excluding hydrogens is 340 g/mol. The van der Waals surface area contributed by atoms with Crippen LogP contribution >= 0.6 is 25.3 Å². The minimum absolute atomic E-state index is 0.129. The van der Waals surface area contributed by atoms with Gasteiger partial charge in [-0.1, -0.05) is 0 Å². The molecule has 0 spiro atoms. The smallest absolute Gasteiger partial charge is 0.0661 e. The molecule has 0 rings (SSSR count). The average Bonchev–Trinajstić information content (AvgIpc) is 2.32. The zero-order valence-electron chi connectivity index (χ0n) is 17.1. The van der Waals surface area contributed by atoms with Crippen LogP contribution in [0.5, 0.6) is 0 Å². The van der Waals surface area contributed by atoms with Crippen molar-refractivity contribution in [1.29, 1.82) is 0 Å². The number of thiol groups is 2. The SMILES string of the molecule is CC(C)(CCS)OCCC(C)(C)OC(C)(C)CC(C)(C)OCCS. The molecule has 146 valence electrons. The van der Waals surface area contributed by atoms with Gasteiger partial charge in [-0.3, -0.25) is 0 Å². The van der Waals surface area contributed by atoms with Gasteiger partial charge in [0, 0.05) is 12.2 Å². The molecule has 0 radical (unpaired) electrons. The second kappa shape index (κ2) is 10.1. The molecule has 0 atom stereocenters. The number of hydrogen-bond acceptors (Lipinski definition) is 5. The molecule has 0 bridgehead atoms. The van der Waals surface area contributed by atoms with Gasteiger partial charge in [-0.25, -0.2) is 0 Å². The Kier molecular flexibility index (Phi) is 10.3. The normalized spacial score (nSPS) is 14.2. The highest BCUT2D eigenvalue weighted by Crippen LogP contribution is 2.32. The molecule has 24 heavy (non-hydrogen) atoms. The summed E-state index contributed by atoms with van der Waals surface area (Å²) >= 11 is 8.51. The van der Waals surface area contributed by atoms with E-state index in [1.165, 1.54) is 0 Å². The Morgan fingerprint density at radius 1 is 0.583 bits per heavy atom. The van der Waals surface area contributed by atoms with E-state index in [-0.39, 0.29) is 22.4 Å². The first kappa shape index (κ1) is 24.6. The molecule has 0 saturated heterocycles. The summed E-state index contributed by atoms with van der Waals surface area (Å²) in [5.41, 5.74) is -0.881. The van der Waals surface area contributed by atoms with Crippen molar-refractivity contribution < 1.29 is 14.2 Å². The largest absolute Gasteiger partial charge is 0.375 e. The Morgan fingerprint density at radius 2 is 1.12 bits per heavy atom. The van der Waals surface area contributed by atoms with Gasteiger partial charge in [0.05, 0.1) is 35.6 Å². The number of ether oxygens (including phenoxy) is 3. The molecule has 0 unspecified atom stereocenters. The fraction of sp³-hybridized carbons (Fsp3) is 1.00. The van der Waals surface area contributed by atoms with E-state index in [0.717, 1.165) is 30.8 Å². The number of hydrogen-bond donors (Lipinski definition) is 2. The third-order valence-electron chi connectivity index (χ3n) is 3.90. The van der Waals surface area contributed by atoms with E-state index >= 15 is 0 Å². The summed E-state index contributed by atoms with van der Waals surface area (Å²) in [6.07, 6.45) is 2.62. The molecule has 0 heterocycles. The Balaban J connectivity index is 4.49. The molecule has 0 aromatic rings. The van der Waals surface area contributed by atoms with Gasteiger partial charge in [0.1, 0.15) is 0 Å². The number of rotatable bonds is 13. The lowest BCUT2D eigenvalue weighted by Gasteiger charge is -2.41. The van der Waals surface area contributed by atoms with Crippen LogP contribution in [0, 0.1) is 0 Å². The van der Waals surface area contributed by atoms with Crippen molar-refractivity contribution >= 4 is 25.3 Å². The van der Waals surface area contributed by atoms with Crippen LogP contribution in [-0.2, 0) is 14.2 Å². The van der Waals surface area contributed by atoms with E-state index in [9.17, 15) is 0 Å². The van der Waals surface area contributed by atoms with Crippen LogP contribution in [0.25, 0.3) is 0 Å². The first-order valence-corrected chi connectivity index (χ1v) is 10.2. The highest BCUT2D eigenvalue weighted by Gasteiger charge is 2.35. The van der Waals surface area contributed by atoms with Crippen molar-refractivity contribution in [2.45, 2.75) is 97.1 Å². The van der Waals surface area contributed by atoms with E-state index in [1.807, 2.05) is 0 Å². The van der Waals surface area contributed by atoms with Gasteiger partial charge in [0.25, 0.3) is 0 Å². The molecule has 0 aliphatic rings. The monoisotopic (exact) mass is 380 g/mol. The lowest BCUT2D eigenvalue weighted by molar-refractivity contribution is -0.166. The van der Waals surface area contributed by atoms with Crippen LogP contribution in [0.1, 0.15) is 74.7 Å². The minimum atomic E-state index is -0.274. The van der Waals surface area contributed by atoms with Crippen LogP contribution in [0.15, 0.2) is 0 Å². The molecule has 0 fully saturated rings. The zero-order valence-corrected chi connectivity index (χ0v) is 18.9. The van der Waals surface area contributed by atoms with Crippen LogP contribution in [0.2, 0.25) is 0 Å². The van der Waals surface area contributed by atoms with Crippen LogP contribution in [-0.4, -0.2) is 47.1 Å². The third-order valence-corrected chi connectivity index (χ3v) is 4.31. The van der Waals surface area contributed by atoms with Crippen molar-refractivity contribution in [2.24, 2.45) is 0 Å². The van der Waals surface area contributed by atoms with Gasteiger partial charge < -0.3 is 14.2 Å². The summed E-state index contributed by atoms with van der Waals surface area (Å²) < 4.78 is 18.3. The summed E-state index contributed by atoms with van der Waals surface area (Å²) in [6.45, 7) is 18.3. The van der Waals surface area contributed by atoms with E-state index in [2.05, 4.69) is 80.6 Å². The quantitative estimate of drug-likeness (QED) is 0.431. The van der Waals surface area contributed by atoms with Gasteiger partial charge in [-0.05, 0) is 74.0 Å². The Bertz CT molecular complexity index is 353. The summed E-state index contributed by atoms with van der Waals surface area (Å²) in [5, 5.41) is 0. The predicted octanol–water partition coefficient (Wildman–Crippen LogP) is 5.18. The van der Waals surface area contributed by atoms with Crippen molar-refractivity contribution in [3.63, 3.8) is 0 Å². The van der Waals surface area contributed by atoms with Crippen LogP contribution in [0.4, 0.5) is 0 Å². The fourth-order valence-corrected chi connectivity index (χ4v) is 3.78. The molecular formula is C19H40O3S2. The summed E-state index contributed by atoms with van der Waals surface area (Å²) in [7, 11) is 0. The third kappa shape index (κ3) is 12.0. The highest BCUT2D eigenvalue weighted by molar-refractivity contribution is 7.80. The van der Waals surface area contributed by atoms with Crippen molar-refractivity contribution in [3.05, 3.63) is 0 Å². The first-order chi connectivity index (χ1) is 10.7. The molecule has 0 aromatic carbocycles. The molecule has 0 aromatic heterocycles. The molecule has 0 saturated carbocycles. The second-order valence-electron chi connectivity index (χ2n) is 8.96. The summed E-state index contributed by atoms with van der Waals surface area (Å²) in [5.74, 6) is 1.57. The highest BCUT2D eigenvalue weighted by atomic mass is 32.1. The predicted molar refractivity (Wildman–Crippen MR) is 111 cm³/mol. The van der Waals surface area contributed by atoms with Gasteiger partial charge in [0.15, 0.2) is 0 Å². The molecule has 0 amide bonds. The molecule has 0 aliphatic carbocycles.